The molecule has 1 heterocycles. The van der Waals surface area contributed by atoms with Gasteiger partial charge in [-0.05, 0) is 30.2 Å². The van der Waals surface area contributed by atoms with Crippen LogP contribution in [-0.2, 0) is 6.42 Å². The lowest BCUT2D eigenvalue weighted by Crippen LogP contribution is -2.39. The molecule has 3 aromatic rings. The number of amides is 1. The quantitative estimate of drug-likeness (QED) is 0.449. The lowest BCUT2D eigenvalue weighted by molar-refractivity contribution is -0.384. The summed E-state index contributed by atoms with van der Waals surface area (Å²) in [5, 5.41) is 23.3. The smallest absolute Gasteiger partial charge is 0.273 e. The van der Waals surface area contributed by atoms with Crippen molar-refractivity contribution in [2.45, 2.75) is 12.5 Å². The predicted molar refractivity (Wildman–Crippen MR) is 106 cm³/mol. The minimum absolute atomic E-state index is 0.0156. The van der Waals surface area contributed by atoms with Crippen molar-refractivity contribution in [2.75, 3.05) is 6.61 Å². The normalized spacial score (nSPS) is 11.5. The molecule has 8 nitrogen and oxygen atoms in total. The molecule has 0 saturated carbocycles. The van der Waals surface area contributed by atoms with E-state index in [0.717, 1.165) is 5.56 Å². The molecular weight excluding hydrogens is 374 g/mol. The van der Waals surface area contributed by atoms with Gasteiger partial charge in [0.1, 0.15) is 11.3 Å². The van der Waals surface area contributed by atoms with Gasteiger partial charge in [0, 0.05) is 12.3 Å². The van der Waals surface area contributed by atoms with Crippen LogP contribution in [0.4, 0.5) is 5.69 Å². The minimum atomic E-state index is -0.533. The fourth-order valence-corrected chi connectivity index (χ4v) is 2.74. The number of benzene rings is 2. The van der Waals surface area contributed by atoms with E-state index in [2.05, 4.69) is 10.3 Å². The van der Waals surface area contributed by atoms with Gasteiger partial charge < -0.3 is 15.2 Å². The summed E-state index contributed by atoms with van der Waals surface area (Å²) in [5.41, 5.74) is 1.00. The molecule has 148 valence electrons. The van der Waals surface area contributed by atoms with Crippen LogP contribution in [0.15, 0.2) is 72.9 Å². The lowest BCUT2D eigenvalue weighted by atomic mass is 10.1. The number of hydrogen-bond acceptors (Lipinski definition) is 6. The molecule has 1 amide bonds. The predicted octanol–water partition coefficient (Wildman–Crippen LogP) is 3.12. The van der Waals surface area contributed by atoms with Gasteiger partial charge in [0.2, 0.25) is 5.88 Å². The molecule has 2 aromatic carbocycles. The van der Waals surface area contributed by atoms with Gasteiger partial charge in [-0.25, -0.2) is 4.98 Å². The average Bonchev–Trinajstić information content (AvgIpc) is 2.74. The van der Waals surface area contributed by atoms with Crippen molar-refractivity contribution in [1.29, 1.82) is 0 Å². The largest absolute Gasteiger partial charge is 0.438 e. The highest BCUT2D eigenvalue weighted by molar-refractivity contribution is 5.96. The second-order valence-electron chi connectivity index (χ2n) is 6.26. The van der Waals surface area contributed by atoms with Gasteiger partial charge in [-0.2, -0.15) is 0 Å². The summed E-state index contributed by atoms with van der Waals surface area (Å²) in [4.78, 5) is 27.2. The number of nitro groups is 1. The monoisotopic (exact) mass is 393 g/mol. The number of pyridine rings is 1. The van der Waals surface area contributed by atoms with Crippen LogP contribution in [0.2, 0.25) is 0 Å². The van der Waals surface area contributed by atoms with E-state index in [0.29, 0.717) is 6.42 Å². The third-order valence-corrected chi connectivity index (χ3v) is 4.14. The molecule has 2 N–H and O–H groups in total. The Labute approximate surface area is 166 Å². The van der Waals surface area contributed by atoms with Crippen molar-refractivity contribution in [2.24, 2.45) is 0 Å². The summed E-state index contributed by atoms with van der Waals surface area (Å²) in [5.74, 6) is -0.259. The summed E-state index contributed by atoms with van der Waals surface area (Å²) in [6, 6.07) is 17.7. The Kier molecular flexibility index (Phi) is 6.49. The molecule has 0 bridgehead atoms. The first-order chi connectivity index (χ1) is 14.1. The first kappa shape index (κ1) is 20.0. The summed E-state index contributed by atoms with van der Waals surface area (Å²) in [6.07, 6.45) is 1.92. The Morgan fingerprint density at radius 3 is 2.66 bits per heavy atom. The molecule has 0 saturated heterocycles. The van der Waals surface area contributed by atoms with Gasteiger partial charge in [0.15, 0.2) is 0 Å². The number of hydrogen-bond donors (Lipinski definition) is 2. The van der Waals surface area contributed by atoms with Crippen molar-refractivity contribution >= 4 is 11.6 Å². The van der Waals surface area contributed by atoms with Crippen molar-refractivity contribution in [1.82, 2.24) is 10.3 Å². The fraction of sp³-hybridized carbons (Fsp3) is 0.143. The van der Waals surface area contributed by atoms with Crippen LogP contribution in [0.25, 0.3) is 0 Å². The van der Waals surface area contributed by atoms with E-state index < -0.39 is 16.9 Å². The first-order valence-electron chi connectivity index (χ1n) is 8.90. The SMILES string of the molecule is O=C(N[C@H](CO)Cc1ccccc1)c1cccnc1Oc1cccc([N+](=O)[O-])c1. The zero-order valence-electron chi connectivity index (χ0n) is 15.4. The van der Waals surface area contributed by atoms with Gasteiger partial charge in [0.05, 0.1) is 23.6 Å². The highest BCUT2D eigenvalue weighted by Gasteiger charge is 2.19. The molecule has 0 fully saturated rings. The first-order valence-corrected chi connectivity index (χ1v) is 8.90. The van der Waals surface area contributed by atoms with E-state index in [1.165, 1.54) is 36.5 Å². The van der Waals surface area contributed by atoms with E-state index in [-0.39, 0.29) is 29.5 Å². The molecular formula is C21H19N3O5. The Hall–Kier alpha value is -3.78. The topological polar surface area (TPSA) is 115 Å². The summed E-state index contributed by atoms with van der Waals surface area (Å²) in [7, 11) is 0. The number of ether oxygens (including phenoxy) is 1. The maximum atomic E-state index is 12.7. The Morgan fingerprint density at radius 2 is 1.93 bits per heavy atom. The molecule has 1 aromatic heterocycles. The van der Waals surface area contributed by atoms with Crippen LogP contribution in [0.3, 0.4) is 0 Å². The lowest BCUT2D eigenvalue weighted by Gasteiger charge is -2.17. The molecule has 3 rings (SSSR count). The van der Waals surface area contributed by atoms with Gasteiger partial charge in [-0.15, -0.1) is 0 Å². The van der Waals surface area contributed by atoms with E-state index in [4.69, 9.17) is 4.74 Å². The molecule has 1 atom stereocenters. The molecule has 0 radical (unpaired) electrons. The summed E-state index contributed by atoms with van der Waals surface area (Å²) < 4.78 is 5.62. The number of aliphatic hydroxyl groups is 1. The number of carbonyl (C=O) groups excluding carboxylic acids is 1. The van der Waals surface area contributed by atoms with E-state index >= 15 is 0 Å². The molecule has 0 aliphatic rings. The van der Waals surface area contributed by atoms with Gasteiger partial charge >= 0.3 is 0 Å². The van der Waals surface area contributed by atoms with Gasteiger partial charge in [0.25, 0.3) is 11.6 Å². The Morgan fingerprint density at radius 1 is 1.14 bits per heavy atom. The molecule has 0 unspecified atom stereocenters. The van der Waals surface area contributed by atoms with Crippen LogP contribution < -0.4 is 10.1 Å². The number of nitro benzene ring substituents is 1. The van der Waals surface area contributed by atoms with E-state index in [1.54, 1.807) is 6.07 Å². The minimum Gasteiger partial charge on any atom is -0.438 e. The molecule has 0 spiro atoms. The van der Waals surface area contributed by atoms with Crippen molar-refractivity contribution in [3.8, 4) is 11.6 Å². The van der Waals surface area contributed by atoms with Crippen LogP contribution >= 0.6 is 0 Å². The number of aromatic nitrogens is 1. The van der Waals surface area contributed by atoms with Crippen molar-refractivity contribution in [3.63, 3.8) is 0 Å². The number of carbonyl (C=O) groups is 1. The number of rotatable bonds is 8. The Balaban J connectivity index is 1.76. The highest BCUT2D eigenvalue weighted by atomic mass is 16.6. The summed E-state index contributed by atoms with van der Waals surface area (Å²) >= 11 is 0. The van der Waals surface area contributed by atoms with Crippen LogP contribution in [-0.4, -0.2) is 33.6 Å². The van der Waals surface area contributed by atoms with Gasteiger partial charge in [-0.1, -0.05) is 36.4 Å². The van der Waals surface area contributed by atoms with Crippen molar-refractivity contribution in [3.05, 3.63) is 94.2 Å². The molecule has 0 aliphatic carbocycles. The third-order valence-electron chi connectivity index (χ3n) is 4.14. The number of nitrogens with one attached hydrogen (secondary N) is 1. The average molecular weight is 393 g/mol. The van der Waals surface area contributed by atoms with E-state index in [1.807, 2.05) is 30.3 Å². The van der Waals surface area contributed by atoms with Crippen LogP contribution in [0.1, 0.15) is 15.9 Å². The third kappa shape index (κ3) is 5.36. The standard InChI is InChI=1S/C21H19N3O5/c25-14-16(12-15-6-2-1-3-7-15)23-20(26)19-10-5-11-22-21(19)29-18-9-4-8-17(13-18)24(27)28/h1-11,13,16,25H,12,14H2,(H,23,26)/t16-/m0/s1. The Bertz CT molecular complexity index is 994. The number of aliphatic hydroxyl groups excluding tert-OH is 1. The van der Waals surface area contributed by atoms with E-state index in [9.17, 15) is 20.0 Å². The van der Waals surface area contributed by atoms with Crippen LogP contribution in [0, 0.1) is 10.1 Å². The maximum Gasteiger partial charge on any atom is 0.273 e. The zero-order chi connectivity index (χ0) is 20.6. The molecule has 8 heteroatoms. The second kappa shape index (κ2) is 9.43. The second-order valence-corrected chi connectivity index (χ2v) is 6.26. The number of nitrogens with zero attached hydrogens (tertiary/aromatic N) is 2. The van der Waals surface area contributed by atoms with Crippen LogP contribution in [0.5, 0.6) is 11.6 Å². The molecule has 29 heavy (non-hydrogen) atoms. The van der Waals surface area contributed by atoms with Gasteiger partial charge in [-0.3, -0.25) is 14.9 Å². The highest BCUT2D eigenvalue weighted by Crippen LogP contribution is 2.26. The number of non-ortho nitro benzene ring substituents is 1. The summed E-state index contributed by atoms with van der Waals surface area (Å²) in [6.45, 7) is -0.234. The zero-order valence-corrected chi connectivity index (χ0v) is 15.4. The van der Waals surface area contributed by atoms with Crippen molar-refractivity contribution < 1.29 is 19.6 Å². The molecule has 0 aliphatic heterocycles. The fourth-order valence-electron chi connectivity index (χ4n) is 2.74. The maximum absolute atomic E-state index is 12.7.